The zero-order chi connectivity index (χ0) is 13.8. The number of hydrogen-bond acceptors (Lipinski definition) is 3. The molecule has 0 atom stereocenters. The van der Waals surface area contributed by atoms with Crippen molar-refractivity contribution in [1.29, 1.82) is 0 Å². The van der Waals surface area contributed by atoms with Crippen LogP contribution >= 0.6 is 27.7 Å². The lowest BCUT2D eigenvalue weighted by Gasteiger charge is -2.07. The second-order valence-corrected chi connectivity index (χ2v) is 5.97. The third-order valence-corrected chi connectivity index (χ3v) is 4.36. The first-order valence-electron chi connectivity index (χ1n) is 5.65. The van der Waals surface area contributed by atoms with E-state index in [0.717, 1.165) is 25.6 Å². The molecule has 19 heavy (non-hydrogen) atoms. The first kappa shape index (κ1) is 14.0. The SMILES string of the molecule is CC(=O)Nc1ccc(Sc2ccc(N)cc2Br)cc1. The van der Waals surface area contributed by atoms with E-state index < -0.39 is 0 Å². The molecular weight excluding hydrogens is 324 g/mol. The smallest absolute Gasteiger partial charge is 0.221 e. The standard InChI is InChI=1S/C14H13BrN2OS/c1-9(18)17-11-3-5-12(6-4-11)19-14-7-2-10(16)8-13(14)15/h2-8H,16H2,1H3,(H,17,18). The summed E-state index contributed by atoms with van der Waals surface area (Å²) in [5, 5.41) is 2.74. The molecule has 5 heteroatoms. The molecule has 0 aromatic heterocycles. The lowest BCUT2D eigenvalue weighted by atomic mass is 10.3. The molecule has 0 saturated carbocycles. The first-order chi connectivity index (χ1) is 9.04. The van der Waals surface area contributed by atoms with Crippen molar-refractivity contribution < 1.29 is 4.79 Å². The highest BCUT2D eigenvalue weighted by Gasteiger charge is 2.03. The Kier molecular flexibility index (Phi) is 4.50. The number of benzene rings is 2. The normalized spacial score (nSPS) is 10.2. The van der Waals surface area contributed by atoms with Gasteiger partial charge in [0.05, 0.1) is 0 Å². The van der Waals surface area contributed by atoms with Crippen LogP contribution in [-0.4, -0.2) is 5.91 Å². The van der Waals surface area contributed by atoms with Crippen LogP contribution in [0.1, 0.15) is 6.92 Å². The molecule has 0 unspecified atom stereocenters. The Labute approximate surface area is 124 Å². The number of carbonyl (C=O) groups excluding carboxylic acids is 1. The Hall–Kier alpha value is -1.46. The highest BCUT2D eigenvalue weighted by atomic mass is 79.9. The van der Waals surface area contributed by atoms with Crippen molar-refractivity contribution in [3.8, 4) is 0 Å². The van der Waals surface area contributed by atoms with Crippen molar-refractivity contribution >= 4 is 45.0 Å². The van der Waals surface area contributed by atoms with Crippen LogP contribution in [0.4, 0.5) is 11.4 Å². The molecule has 0 radical (unpaired) electrons. The minimum Gasteiger partial charge on any atom is -0.399 e. The molecule has 98 valence electrons. The van der Waals surface area contributed by atoms with Gasteiger partial charge in [0, 0.05) is 32.6 Å². The second kappa shape index (κ2) is 6.12. The zero-order valence-corrected chi connectivity index (χ0v) is 12.7. The van der Waals surface area contributed by atoms with Gasteiger partial charge < -0.3 is 11.1 Å². The molecule has 0 heterocycles. The Balaban J connectivity index is 2.13. The van der Waals surface area contributed by atoms with E-state index in [1.54, 1.807) is 11.8 Å². The molecule has 2 aromatic rings. The summed E-state index contributed by atoms with van der Waals surface area (Å²) in [6, 6.07) is 13.4. The average Bonchev–Trinajstić information content (AvgIpc) is 2.34. The number of nitrogens with one attached hydrogen (secondary N) is 1. The minimum atomic E-state index is -0.0679. The van der Waals surface area contributed by atoms with Crippen LogP contribution in [0.25, 0.3) is 0 Å². The molecule has 3 nitrogen and oxygen atoms in total. The second-order valence-electron chi connectivity index (χ2n) is 4.00. The summed E-state index contributed by atoms with van der Waals surface area (Å²) in [6.45, 7) is 1.49. The third-order valence-electron chi connectivity index (χ3n) is 2.36. The maximum absolute atomic E-state index is 10.9. The molecule has 2 rings (SSSR count). The number of carbonyl (C=O) groups is 1. The first-order valence-corrected chi connectivity index (χ1v) is 7.26. The summed E-state index contributed by atoms with van der Waals surface area (Å²) in [5.41, 5.74) is 7.24. The average molecular weight is 337 g/mol. The van der Waals surface area contributed by atoms with E-state index in [0.29, 0.717) is 0 Å². The van der Waals surface area contributed by atoms with Crippen LogP contribution in [0.2, 0.25) is 0 Å². The van der Waals surface area contributed by atoms with Crippen LogP contribution in [-0.2, 0) is 4.79 Å². The van der Waals surface area contributed by atoms with Crippen LogP contribution in [0, 0.1) is 0 Å². The number of nitrogen functional groups attached to an aromatic ring is 1. The Bertz CT molecular complexity index is 599. The maximum atomic E-state index is 10.9. The number of anilines is 2. The van der Waals surface area contributed by atoms with Crippen LogP contribution in [0.15, 0.2) is 56.7 Å². The van der Waals surface area contributed by atoms with Gasteiger partial charge in [-0.05, 0) is 58.4 Å². The van der Waals surface area contributed by atoms with Gasteiger partial charge in [0.15, 0.2) is 0 Å². The van der Waals surface area contributed by atoms with Gasteiger partial charge in [0.2, 0.25) is 5.91 Å². The van der Waals surface area contributed by atoms with Gasteiger partial charge in [-0.2, -0.15) is 0 Å². The summed E-state index contributed by atoms with van der Waals surface area (Å²) in [5.74, 6) is -0.0679. The Morgan fingerprint density at radius 2 is 1.89 bits per heavy atom. The highest BCUT2D eigenvalue weighted by molar-refractivity contribution is 9.10. The van der Waals surface area contributed by atoms with Crippen LogP contribution in [0.3, 0.4) is 0 Å². The number of halogens is 1. The van der Waals surface area contributed by atoms with Crippen molar-refractivity contribution in [3.05, 3.63) is 46.9 Å². The Morgan fingerprint density at radius 1 is 1.21 bits per heavy atom. The van der Waals surface area contributed by atoms with E-state index in [4.69, 9.17) is 5.73 Å². The van der Waals surface area contributed by atoms with E-state index in [2.05, 4.69) is 21.2 Å². The molecule has 0 fully saturated rings. The molecule has 3 N–H and O–H groups in total. The molecule has 2 aromatic carbocycles. The largest absolute Gasteiger partial charge is 0.399 e. The van der Waals surface area contributed by atoms with Crippen molar-refractivity contribution in [1.82, 2.24) is 0 Å². The number of amides is 1. The molecule has 0 aliphatic heterocycles. The predicted molar refractivity (Wildman–Crippen MR) is 83.4 cm³/mol. The van der Waals surface area contributed by atoms with E-state index >= 15 is 0 Å². The van der Waals surface area contributed by atoms with Gasteiger partial charge in [-0.25, -0.2) is 0 Å². The summed E-state index contributed by atoms with van der Waals surface area (Å²) < 4.78 is 0.975. The molecule has 0 saturated heterocycles. The van der Waals surface area contributed by atoms with Gasteiger partial charge in [-0.15, -0.1) is 0 Å². The van der Waals surface area contributed by atoms with Gasteiger partial charge in [-0.1, -0.05) is 11.8 Å². The van der Waals surface area contributed by atoms with Crippen LogP contribution in [0.5, 0.6) is 0 Å². The number of hydrogen-bond donors (Lipinski definition) is 2. The fourth-order valence-electron chi connectivity index (χ4n) is 1.54. The predicted octanol–water partition coefficient (Wildman–Crippen LogP) is 4.14. The van der Waals surface area contributed by atoms with Crippen molar-refractivity contribution in [2.24, 2.45) is 0 Å². The fourth-order valence-corrected chi connectivity index (χ4v) is 2.99. The maximum Gasteiger partial charge on any atom is 0.221 e. The molecular formula is C14H13BrN2OS. The van der Waals surface area contributed by atoms with Gasteiger partial charge in [-0.3, -0.25) is 4.79 Å². The summed E-state index contributed by atoms with van der Waals surface area (Å²) >= 11 is 5.13. The van der Waals surface area contributed by atoms with Gasteiger partial charge >= 0.3 is 0 Å². The summed E-state index contributed by atoms with van der Waals surface area (Å²) in [4.78, 5) is 13.1. The fraction of sp³-hybridized carbons (Fsp3) is 0.0714. The molecule has 0 aliphatic carbocycles. The van der Waals surface area contributed by atoms with Crippen molar-refractivity contribution in [2.75, 3.05) is 11.1 Å². The van der Waals surface area contributed by atoms with Crippen molar-refractivity contribution in [2.45, 2.75) is 16.7 Å². The summed E-state index contributed by atoms with van der Waals surface area (Å²) in [6.07, 6.45) is 0. The lowest BCUT2D eigenvalue weighted by Crippen LogP contribution is -2.05. The highest BCUT2D eigenvalue weighted by Crippen LogP contribution is 2.34. The van der Waals surface area contributed by atoms with E-state index in [1.807, 2.05) is 42.5 Å². The van der Waals surface area contributed by atoms with E-state index in [-0.39, 0.29) is 5.91 Å². The van der Waals surface area contributed by atoms with Crippen molar-refractivity contribution in [3.63, 3.8) is 0 Å². The minimum absolute atomic E-state index is 0.0679. The van der Waals surface area contributed by atoms with Crippen LogP contribution < -0.4 is 11.1 Å². The summed E-state index contributed by atoms with van der Waals surface area (Å²) in [7, 11) is 0. The quantitative estimate of drug-likeness (QED) is 0.828. The molecule has 1 amide bonds. The van der Waals surface area contributed by atoms with E-state index in [9.17, 15) is 4.79 Å². The topological polar surface area (TPSA) is 55.1 Å². The third kappa shape index (κ3) is 4.01. The molecule has 0 bridgehead atoms. The monoisotopic (exact) mass is 336 g/mol. The van der Waals surface area contributed by atoms with E-state index in [1.165, 1.54) is 6.92 Å². The lowest BCUT2D eigenvalue weighted by molar-refractivity contribution is -0.114. The molecule has 0 spiro atoms. The van der Waals surface area contributed by atoms with Gasteiger partial charge in [0.25, 0.3) is 0 Å². The zero-order valence-electron chi connectivity index (χ0n) is 10.3. The molecule has 0 aliphatic rings. The van der Waals surface area contributed by atoms with Gasteiger partial charge in [0.1, 0.15) is 0 Å². The Morgan fingerprint density at radius 3 is 2.47 bits per heavy atom. The number of rotatable bonds is 3. The number of nitrogens with two attached hydrogens (primary N) is 1.